The summed E-state index contributed by atoms with van der Waals surface area (Å²) in [7, 11) is -3.18. The van der Waals surface area contributed by atoms with Crippen molar-refractivity contribution in [1.82, 2.24) is 4.98 Å². The molecule has 0 aliphatic carbocycles. The first kappa shape index (κ1) is 16.3. The molecule has 0 saturated carbocycles. The van der Waals surface area contributed by atoms with E-state index in [0.717, 1.165) is 11.3 Å². The molecule has 0 aliphatic heterocycles. The third-order valence-electron chi connectivity index (χ3n) is 2.01. The van der Waals surface area contributed by atoms with Gasteiger partial charge in [0.2, 0.25) is 0 Å². The topological polar surface area (TPSA) is 74.7 Å². The molecule has 0 saturated heterocycles. The smallest absolute Gasteiger partial charge is 0.349 e. The predicted octanol–water partition coefficient (Wildman–Crippen LogP) is 3.09. The summed E-state index contributed by atoms with van der Waals surface area (Å²) in [5.41, 5.74) is 0. The lowest BCUT2D eigenvalue weighted by atomic mass is 10.6. The average molecular weight is 307 g/mol. The fourth-order valence-corrected chi connectivity index (χ4v) is 4.16. The Balaban J connectivity index is 2.75. The van der Waals surface area contributed by atoms with Gasteiger partial charge in [-0.25, -0.2) is 9.78 Å². The van der Waals surface area contributed by atoms with Crippen molar-refractivity contribution in [3.05, 3.63) is 16.1 Å². The van der Waals surface area contributed by atoms with E-state index >= 15 is 0 Å². The first-order chi connectivity index (χ1) is 9.04. The number of rotatable bonds is 8. The van der Waals surface area contributed by atoms with E-state index in [1.165, 1.54) is 6.20 Å². The number of esters is 1. The van der Waals surface area contributed by atoms with Crippen LogP contribution in [-0.2, 0) is 24.5 Å². The van der Waals surface area contributed by atoms with E-state index in [9.17, 15) is 9.36 Å². The molecule has 1 rings (SSSR count). The van der Waals surface area contributed by atoms with Crippen LogP contribution in [0.1, 0.15) is 35.5 Å². The lowest BCUT2D eigenvalue weighted by Crippen LogP contribution is -2.01. The largest absolute Gasteiger partial charge is 0.462 e. The maximum absolute atomic E-state index is 12.3. The van der Waals surface area contributed by atoms with Gasteiger partial charge in [-0.3, -0.25) is 4.57 Å². The minimum Gasteiger partial charge on any atom is -0.462 e. The van der Waals surface area contributed by atoms with Crippen molar-refractivity contribution in [2.75, 3.05) is 19.8 Å². The number of aromatic nitrogens is 1. The lowest BCUT2D eigenvalue weighted by molar-refractivity contribution is 0.0532. The Morgan fingerprint density at radius 1 is 1.26 bits per heavy atom. The average Bonchev–Trinajstić information content (AvgIpc) is 2.78. The Morgan fingerprint density at radius 2 is 1.89 bits per heavy atom. The van der Waals surface area contributed by atoms with Crippen molar-refractivity contribution in [3.63, 3.8) is 0 Å². The number of thiazole rings is 1. The lowest BCUT2D eigenvalue weighted by Gasteiger charge is -2.15. The van der Waals surface area contributed by atoms with Gasteiger partial charge in [0.05, 0.1) is 26.0 Å². The zero-order valence-electron chi connectivity index (χ0n) is 11.2. The van der Waals surface area contributed by atoms with Crippen LogP contribution in [0.5, 0.6) is 0 Å². The Bertz CT molecular complexity index is 452. The van der Waals surface area contributed by atoms with Gasteiger partial charge in [0.25, 0.3) is 0 Å². The van der Waals surface area contributed by atoms with Crippen LogP contribution in [0.2, 0.25) is 0 Å². The van der Waals surface area contributed by atoms with Crippen LogP contribution in [0, 0.1) is 0 Å². The number of carbonyl (C=O) groups excluding carboxylic acids is 1. The third kappa shape index (κ3) is 5.03. The molecule has 1 aromatic rings. The molecule has 0 atom stereocenters. The molecule has 108 valence electrons. The van der Waals surface area contributed by atoms with Crippen LogP contribution in [0.3, 0.4) is 0 Å². The van der Waals surface area contributed by atoms with Gasteiger partial charge in [0.1, 0.15) is 16.0 Å². The van der Waals surface area contributed by atoms with Gasteiger partial charge in [0, 0.05) is 0 Å². The van der Waals surface area contributed by atoms with Crippen molar-refractivity contribution in [3.8, 4) is 0 Å². The van der Waals surface area contributed by atoms with Crippen LogP contribution in [-0.4, -0.2) is 30.8 Å². The summed E-state index contributed by atoms with van der Waals surface area (Å²) < 4.78 is 27.5. The van der Waals surface area contributed by atoms with E-state index in [-0.39, 0.29) is 6.16 Å². The molecule has 0 amide bonds. The van der Waals surface area contributed by atoms with Gasteiger partial charge < -0.3 is 13.8 Å². The van der Waals surface area contributed by atoms with Crippen LogP contribution in [0.15, 0.2) is 6.20 Å². The Kier molecular flexibility index (Phi) is 6.65. The molecule has 19 heavy (non-hydrogen) atoms. The quantitative estimate of drug-likeness (QED) is 0.542. The van der Waals surface area contributed by atoms with Gasteiger partial charge in [-0.2, -0.15) is 0 Å². The van der Waals surface area contributed by atoms with E-state index < -0.39 is 13.6 Å². The summed E-state index contributed by atoms with van der Waals surface area (Å²) in [5.74, 6) is -0.422. The van der Waals surface area contributed by atoms with Crippen LogP contribution in [0.4, 0.5) is 0 Å². The molecule has 0 spiro atoms. The highest BCUT2D eigenvalue weighted by atomic mass is 32.1. The molecule has 0 unspecified atom stereocenters. The minimum atomic E-state index is -3.18. The van der Waals surface area contributed by atoms with E-state index in [2.05, 4.69) is 4.98 Å². The molecular weight excluding hydrogens is 289 g/mol. The Morgan fingerprint density at radius 3 is 2.42 bits per heavy atom. The van der Waals surface area contributed by atoms with Crippen LogP contribution >= 0.6 is 18.9 Å². The van der Waals surface area contributed by atoms with E-state index in [4.69, 9.17) is 13.8 Å². The molecular formula is C11H18NO5PS. The summed E-state index contributed by atoms with van der Waals surface area (Å²) in [4.78, 5) is 15.9. The van der Waals surface area contributed by atoms with Gasteiger partial charge in [0.15, 0.2) is 0 Å². The molecule has 1 aromatic heterocycles. The van der Waals surface area contributed by atoms with Crippen molar-refractivity contribution >= 4 is 24.9 Å². The van der Waals surface area contributed by atoms with Crippen LogP contribution < -0.4 is 0 Å². The number of hydrogen-bond donors (Lipinski definition) is 0. The monoisotopic (exact) mass is 307 g/mol. The molecule has 1 heterocycles. The van der Waals surface area contributed by atoms with Gasteiger partial charge >= 0.3 is 13.6 Å². The van der Waals surface area contributed by atoms with Crippen molar-refractivity contribution < 1.29 is 23.1 Å². The first-order valence-electron chi connectivity index (χ1n) is 6.04. The van der Waals surface area contributed by atoms with Gasteiger partial charge in [-0.1, -0.05) is 0 Å². The fourth-order valence-electron chi connectivity index (χ4n) is 1.37. The standard InChI is InChI=1S/C11H18NO5PS/c1-4-15-11(13)9-7-12-10(19-9)8-18(14,16-5-2)17-6-3/h7H,4-6,8H2,1-3H3. The Labute approximate surface area is 116 Å². The second kappa shape index (κ2) is 7.75. The number of hydrogen-bond acceptors (Lipinski definition) is 7. The van der Waals surface area contributed by atoms with Gasteiger partial charge in [-0.15, -0.1) is 11.3 Å². The Hall–Kier alpha value is -0.750. The molecule has 0 radical (unpaired) electrons. The fraction of sp³-hybridized carbons (Fsp3) is 0.636. The second-order valence-corrected chi connectivity index (χ2v) is 6.61. The maximum atomic E-state index is 12.3. The van der Waals surface area contributed by atoms with E-state index in [0.29, 0.717) is 29.7 Å². The summed E-state index contributed by atoms with van der Waals surface area (Å²) in [6.07, 6.45) is 1.49. The molecule has 0 aromatic carbocycles. The highest BCUT2D eigenvalue weighted by molar-refractivity contribution is 7.53. The summed E-state index contributed by atoms with van der Waals surface area (Å²) >= 11 is 1.14. The van der Waals surface area contributed by atoms with Crippen molar-refractivity contribution in [1.29, 1.82) is 0 Å². The molecule has 6 nitrogen and oxygen atoms in total. The zero-order chi connectivity index (χ0) is 14.3. The SMILES string of the molecule is CCOC(=O)c1cnc(CP(=O)(OCC)OCC)s1. The number of ether oxygens (including phenoxy) is 1. The number of nitrogens with zero attached hydrogens (tertiary/aromatic N) is 1. The highest BCUT2D eigenvalue weighted by Crippen LogP contribution is 2.51. The van der Waals surface area contributed by atoms with Crippen molar-refractivity contribution in [2.45, 2.75) is 26.9 Å². The van der Waals surface area contributed by atoms with Gasteiger partial charge in [-0.05, 0) is 20.8 Å². The summed E-state index contributed by atoms with van der Waals surface area (Å²) in [6.45, 7) is 6.14. The molecule has 0 N–H and O–H groups in total. The highest BCUT2D eigenvalue weighted by Gasteiger charge is 2.26. The first-order valence-corrected chi connectivity index (χ1v) is 8.59. The summed E-state index contributed by atoms with van der Waals surface area (Å²) in [6, 6.07) is 0. The van der Waals surface area contributed by atoms with Crippen LogP contribution in [0.25, 0.3) is 0 Å². The predicted molar refractivity (Wildman–Crippen MR) is 72.6 cm³/mol. The zero-order valence-corrected chi connectivity index (χ0v) is 13.0. The third-order valence-corrected chi connectivity index (χ3v) is 5.19. The van der Waals surface area contributed by atoms with E-state index in [1.54, 1.807) is 20.8 Å². The molecule has 8 heteroatoms. The molecule has 0 aliphatic rings. The van der Waals surface area contributed by atoms with Crippen molar-refractivity contribution in [2.24, 2.45) is 0 Å². The van der Waals surface area contributed by atoms with E-state index in [1.807, 2.05) is 0 Å². The summed E-state index contributed by atoms with van der Waals surface area (Å²) in [5, 5.41) is 0.535. The maximum Gasteiger partial charge on any atom is 0.349 e. The minimum absolute atomic E-state index is 0.0682. The molecule has 0 fully saturated rings. The second-order valence-electron chi connectivity index (χ2n) is 3.44. The number of carbonyl (C=O) groups is 1. The normalized spacial score (nSPS) is 11.5. The molecule has 0 bridgehead atoms.